The number of H-pyrrole nitrogens is 2. The van der Waals surface area contributed by atoms with E-state index in [-0.39, 0.29) is 5.91 Å². The van der Waals surface area contributed by atoms with Gasteiger partial charge in [-0.05, 0) is 49.2 Å². The Morgan fingerprint density at radius 3 is 2.68 bits per heavy atom. The summed E-state index contributed by atoms with van der Waals surface area (Å²) in [5, 5.41) is 9.79. The van der Waals surface area contributed by atoms with Crippen LogP contribution in [0.4, 0.5) is 5.69 Å². The molecule has 3 heterocycles. The van der Waals surface area contributed by atoms with E-state index in [2.05, 4.69) is 50.4 Å². The summed E-state index contributed by atoms with van der Waals surface area (Å²) in [4.78, 5) is 24.1. The number of fused-ring (bicyclic) bond motifs is 1. The molecule has 25 heavy (non-hydrogen) atoms. The van der Waals surface area contributed by atoms with Crippen molar-refractivity contribution in [2.45, 2.75) is 13.8 Å². The number of hydrogen-bond donors (Lipinski definition) is 3. The molecule has 3 N–H and O–H groups in total. The highest BCUT2D eigenvalue weighted by Gasteiger charge is 2.15. The number of amides is 1. The molecule has 0 aliphatic carbocycles. The van der Waals surface area contributed by atoms with Crippen LogP contribution < -0.4 is 5.32 Å². The zero-order valence-electron chi connectivity index (χ0n) is 13.8. The van der Waals surface area contributed by atoms with Crippen LogP contribution in [0.1, 0.15) is 21.5 Å². The fourth-order valence-corrected chi connectivity index (χ4v) is 2.65. The number of aryl methyl sites for hydroxylation is 2. The van der Waals surface area contributed by atoms with E-state index in [9.17, 15) is 4.79 Å². The summed E-state index contributed by atoms with van der Waals surface area (Å²) in [6, 6.07) is 7.41. The van der Waals surface area contributed by atoms with Gasteiger partial charge in [0.15, 0.2) is 5.82 Å². The molecular weight excluding hydrogens is 316 g/mol. The highest BCUT2D eigenvalue weighted by Crippen LogP contribution is 2.26. The Hall–Kier alpha value is -3.48. The second-order valence-electron chi connectivity index (χ2n) is 5.89. The highest BCUT2D eigenvalue weighted by molar-refractivity contribution is 6.05. The molecule has 7 nitrogen and oxygen atoms in total. The Balaban J connectivity index is 1.69. The minimum atomic E-state index is -0.229. The number of anilines is 1. The van der Waals surface area contributed by atoms with Crippen molar-refractivity contribution >= 4 is 22.6 Å². The van der Waals surface area contributed by atoms with Crippen LogP contribution in [-0.2, 0) is 0 Å². The molecule has 1 aromatic carbocycles. The van der Waals surface area contributed by atoms with Crippen LogP contribution in [-0.4, -0.2) is 31.1 Å². The fourth-order valence-electron chi connectivity index (χ4n) is 2.65. The molecule has 1 amide bonds. The predicted octanol–water partition coefficient (Wildman–Crippen LogP) is 3.22. The molecule has 0 aliphatic rings. The van der Waals surface area contributed by atoms with E-state index in [0.29, 0.717) is 22.8 Å². The van der Waals surface area contributed by atoms with Gasteiger partial charge in [-0.2, -0.15) is 5.10 Å². The SMILES string of the molecule is Cc1cc2nc(-c3[nH]ncc3NC(=O)c3ccncc3)[nH]c2cc1C. The van der Waals surface area contributed by atoms with Gasteiger partial charge < -0.3 is 10.3 Å². The number of aromatic amines is 2. The summed E-state index contributed by atoms with van der Waals surface area (Å²) in [7, 11) is 0. The average Bonchev–Trinajstić information content (AvgIpc) is 3.22. The Labute approximate surface area is 143 Å². The third-order valence-electron chi connectivity index (χ3n) is 4.16. The van der Waals surface area contributed by atoms with Crippen molar-refractivity contribution in [1.29, 1.82) is 0 Å². The van der Waals surface area contributed by atoms with E-state index in [4.69, 9.17) is 0 Å². The van der Waals surface area contributed by atoms with Crippen molar-refractivity contribution in [3.8, 4) is 11.5 Å². The Kier molecular flexibility index (Phi) is 3.53. The number of rotatable bonds is 3. The molecular formula is C18H16N6O. The van der Waals surface area contributed by atoms with Crippen LogP contribution in [0.25, 0.3) is 22.6 Å². The second-order valence-corrected chi connectivity index (χ2v) is 5.89. The molecule has 0 atom stereocenters. The van der Waals surface area contributed by atoms with Gasteiger partial charge in [0, 0.05) is 18.0 Å². The number of aromatic nitrogens is 5. The number of nitrogens with one attached hydrogen (secondary N) is 3. The van der Waals surface area contributed by atoms with E-state index < -0.39 is 0 Å². The number of benzene rings is 1. The first kappa shape index (κ1) is 15.1. The lowest BCUT2D eigenvalue weighted by molar-refractivity contribution is 0.102. The van der Waals surface area contributed by atoms with Gasteiger partial charge in [0.05, 0.1) is 22.9 Å². The number of hydrogen-bond acceptors (Lipinski definition) is 4. The van der Waals surface area contributed by atoms with E-state index in [1.165, 1.54) is 11.1 Å². The van der Waals surface area contributed by atoms with Crippen LogP contribution in [0.15, 0.2) is 42.9 Å². The van der Waals surface area contributed by atoms with Crippen molar-refractivity contribution in [2.24, 2.45) is 0 Å². The van der Waals surface area contributed by atoms with Gasteiger partial charge in [-0.15, -0.1) is 0 Å². The number of carbonyl (C=O) groups is 1. The lowest BCUT2D eigenvalue weighted by atomic mass is 10.1. The van der Waals surface area contributed by atoms with Gasteiger partial charge >= 0.3 is 0 Å². The molecule has 4 aromatic rings. The summed E-state index contributed by atoms with van der Waals surface area (Å²) >= 11 is 0. The van der Waals surface area contributed by atoms with Gasteiger partial charge in [-0.25, -0.2) is 4.98 Å². The summed E-state index contributed by atoms with van der Waals surface area (Å²) in [6.45, 7) is 4.12. The van der Waals surface area contributed by atoms with Crippen LogP contribution in [0.3, 0.4) is 0 Å². The lowest BCUT2D eigenvalue weighted by Gasteiger charge is -2.04. The Morgan fingerprint density at radius 1 is 1.12 bits per heavy atom. The van der Waals surface area contributed by atoms with Gasteiger partial charge in [-0.1, -0.05) is 0 Å². The molecule has 7 heteroatoms. The van der Waals surface area contributed by atoms with Gasteiger partial charge in [0.2, 0.25) is 0 Å². The zero-order chi connectivity index (χ0) is 17.4. The fraction of sp³-hybridized carbons (Fsp3) is 0.111. The predicted molar refractivity (Wildman–Crippen MR) is 95.3 cm³/mol. The third-order valence-corrected chi connectivity index (χ3v) is 4.16. The summed E-state index contributed by atoms with van der Waals surface area (Å²) in [5.74, 6) is 0.398. The maximum Gasteiger partial charge on any atom is 0.255 e. The standard InChI is InChI=1S/C18H16N6O/c1-10-7-13-14(8-11(10)2)22-17(21-13)16-15(9-20-24-16)23-18(25)12-3-5-19-6-4-12/h3-9H,1-2H3,(H,20,24)(H,21,22)(H,23,25). The molecule has 0 unspecified atom stereocenters. The van der Waals surface area contributed by atoms with Crippen LogP contribution in [0, 0.1) is 13.8 Å². The van der Waals surface area contributed by atoms with Gasteiger partial charge in [0.1, 0.15) is 5.69 Å². The lowest BCUT2D eigenvalue weighted by Crippen LogP contribution is -2.12. The van der Waals surface area contributed by atoms with Crippen molar-refractivity contribution < 1.29 is 4.79 Å². The van der Waals surface area contributed by atoms with E-state index in [1.54, 1.807) is 30.7 Å². The monoisotopic (exact) mass is 332 g/mol. The largest absolute Gasteiger partial charge is 0.337 e. The normalized spacial score (nSPS) is 11.0. The number of carbonyl (C=O) groups excluding carboxylic acids is 1. The number of imidazole rings is 1. The molecule has 0 aliphatic heterocycles. The van der Waals surface area contributed by atoms with E-state index in [1.807, 2.05) is 6.07 Å². The maximum absolute atomic E-state index is 12.3. The first-order valence-corrected chi connectivity index (χ1v) is 7.84. The minimum Gasteiger partial charge on any atom is -0.337 e. The molecule has 0 saturated carbocycles. The average molecular weight is 332 g/mol. The van der Waals surface area contributed by atoms with Crippen LogP contribution >= 0.6 is 0 Å². The quantitative estimate of drug-likeness (QED) is 0.536. The summed E-state index contributed by atoms with van der Waals surface area (Å²) in [5.41, 5.74) is 5.92. The molecule has 0 bridgehead atoms. The molecule has 0 radical (unpaired) electrons. The molecule has 4 rings (SSSR count). The van der Waals surface area contributed by atoms with Gasteiger partial charge in [0.25, 0.3) is 5.91 Å². The molecule has 124 valence electrons. The smallest absolute Gasteiger partial charge is 0.255 e. The third kappa shape index (κ3) is 2.76. The van der Waals surface area contributed by atoms with Crippen LogP contribution in [0.5, 0.6) is 0 Å². The topological polar surface area (TPSA) is 99.3 Å². The molecule has 0 fully saturated rings. The minimum absolute atomic E-state index is 0.229. The van der Waals surface area contributed by atoms with E-state index in [0.717, 1.165) is 11.0 Å². The summed E-state index contributed by atoms with van der Waals surface area (Å²) < 4.78 is 0. The number of pyridine rings is 1. The second kappa shape index (κ2) is 5.86. The van der Waals surface area contributed by atoms with Crippen LogP contribution in [0.2, 0.25) is 0 Å². The van der Waals surface area contributed by atoms with Crippen molar-refractivity contribution in [2.75, 3.05) is 5.32 Å². The highest BCUT2D eigenvalue weighted by atomic mass is 16.1. The molecule has 0 saturated heterocycles. The molecule has 0 spiro atoms. The summed E-state index contributed by atoms with van der Waals surface area (Å²) in [6.07, 6.45) is 4.72. The maximum atomic E-state index is 12.3. The number of nitrogens with zero attached hydrogens (tertiary/aromatic N) is 3. The Morgan fingerprint density at radius 2 is 1.88 bits per heavy atom. The van der Waals surface area contributed by atoms with E-state index >= 15 is 0 Å². The Bertz CT molecular complexity index is 1020. The van der Waals surface area contributed by atoms with Crippen molar-refractivity contribution in [3.05, 3.63) is 59.5 Å². The van der Waals surface area contributed by atoms with Crippen molar-refractivity contribution in [3.63, 3.8) is 0 Å². The zero-order valence-corrected chi connectivity index (χ0v) is 13.8. The molecule has 3 aromatic heterocycles. The first-order valence-electron chi connectivity index (χ1n) is 7.84. The van der Waals surface area contributed by atoms with Crippen molar-refractivity contribution in [1.82, 2.24) is 25.1 Å². The first-order chi connectivity index (χ1) is 12.1. The van der Waals surface area contributed by atoms with Gasteiger partial charge in [-0.3, -0.25) is 14.9 Å².